The van der Waals surface area contributed by atoms with Gasteiger partial charge in [-0.15, -0.1) is 6.58 Å². The Morgan fingerprint density at radius 1 is 1.73 bits per heavy atom. The van der Waals surface area contributed by atoms with E-state index < -0.39 is 0 Å². The van der Waals surface area contributed by atoms with Gasteiger partial charge in [-0.05, 0) is 35.4 Å². The average Bonchev–Trinajstić information content (AvgIpc) is 2.37. The van der Waals surface area contributed by atoms with E-state index >= 15 is 0 Å². The second kappa shape index (κ2) is 4.54. The Morgan fingerprint density at radius 3 is 3.09 bits per heavy atom. The van der Waals surface area contributed by atoms with Gasteiger partial charge in [0.15, 0.2) is 0 Å². The monoisotopic (exact) mass is 262 g/mol. The van der Waals surface area contributed by atoms with Gasteiger partial charge in [-0.2, -0.15) is 5.10 Å². The van der Waals surface area contributed by atoms with Crippen LogP contribution >= 0.6 is 22.6 Å². The van der Waals surface area contributed by atoms with Gasteiger partial charge < -0.3 is 0 Å². The molecule has 60 valence electrons. The third-order valence-electron chi connectivity index (χ3n) is 1.40. The van der Waals surface area contributed by atoms with E-state index in [2.05, 4.69) is 34.3 Å². The number of hydrogen-bond acceptors (Lipinski definition) is 1. The van der Waals surface area contributed by atoms with E-state index in [1.54, 1.807) is 0 Å². The van der Waals surface area contributed by atoms with Crippen LogP contribution in [0.25, 0.3) is 0 Å². The largest absolute Gasteiger partial charge is 0.272 e. The molecular weight excluding hydrogens is 251 g/mol. The summed E-state index contributed by atoms with van der Waals surface area (Å²) in [6.45, 7) is 4.66. The predicted molar refractivity (Wildman–Crippen MR) is 54.4 cm³/mol. The quantitative estimate of drug-likeness (QED) is 0.463. The number of aryl methyl sites for hydroxylation is 1. The zero-order valence-corrected chi connectivity index (χ0v) is 8.49. The number of unbranched alkanes of at least 4 members (excludes halogenated alkanes) is 1. The maximum absolute atomic E-state index is 4.16. The molecule has 0 bridgehead atoms. The second-order valence-electron chi connectivity index (χ2n) is 2.35. The normalized spacial score (nSPS) is 9.91. The maximum Gasteiger partial charge on any atom is 0.0623 e. The lowest BCUT2D eigenvalue weighted by atomic mass is 10.3. The third-order valence-corrected chi connectivity index (χ3v) is 1.95. The second-order valence-corrected chi connectivity index (χ2v) is 3.60. The highest BCUT2D eigenvalue weighted by Crippen LogP contribution is 2.02. The van der Waals surface area contributed by atoms with Crippen LogP contribution in [-0.2, 0) is 6.54 Å². The Balaban J connectivity index is 2.32. The van der Waals surface area contributed by atoms with Gasteiger partial charge in [0, 0.05) is 12.7 Å². The molecule has 0 aliphatic carbocycles. The summed E-state index contributed by atoms with van der Waals surface area (Å²) in [5.41, 5.74) is 0. The Hall–Kier alpha value is -0.320. The molecule has 0 atom stereocenters. The number of nitrogens with zero attached hydrogens (tertiary/aromatic N) is 2. The molecule has 0 saturated heterocycles. The lowest BCUT2D eigenvalue weighted by molar-refractivity contribution is 0.583. The molecule has 0 radical (unpaired) electrons. The van der Waals surface area contributed by atoms with Crippen molar-refractivity contribution in [2.24, 2.45) is 0 Å². The summed E-state index contributed by atoms with van der Waals surface area (Å²) in [7, 11) is 0. The number of halogens is 1. The SMILES string of the molecule is C=CCCCn1cc(I)cn1. The molecule has 11 heavy (non-hydrogen) atoms. The molecule has 0 fully saturated rings. The minimum atomic E-state index is 0.995. The molecule has 1 aromatic rings. The lowest BCUT2D eigenvalue weighted by Gasteiger charge is -1.96. The molecule has 0 spiro atoms. The standard InChI is InChI=1S/C8H11IN2/c1-2-3-4-5-11-7-8(9)6-10-11/h2,6-7H,1,3-5H2. The highest BCUT2D eigenvalue weighted by Gasteiger charge is 1.92. The maximum atomic E-state index is 4.16. The molecule has 2 nitrogen and oxygen atoms in total. The molecule has 0 aliphatic heterocycles. The van der Waals surface area contributed by atoms with Crippen molar-refractivity contribution in [3.05, 3.63) is 28.6 Å². The van der Waals surface area contributed by atoms with E-state index in [1.807, 2.05) is 23.2 Å². The molecule has 0 N–H and O–H groups in total. The average molecular weight is 262 g/mol. The topological polar surface area (TPSA) is 17.8 Å². The molecule has 1 rings (SSSR count). The fourth-order valence-corrected chi connectivity index (χ4v) is 1.30. The highest BCUT2D eigenvalue weighted by atomic mass is 127. The van der Waals surface area contributed by atoms with E-state index in [9.17, 15) is 0 Å². The Morgan fingerprint density at radius 2 is 2.55 bits per heavy atom. The summed E-state index contributed by atoms with van der Waals surface area (Å²) in [4.78, 5) is 0. The Labute approximate surface area is 80.4 Å². The summed E-state index contributed by atoms with van der Waals surface area (Å²) in [5.74, 6) is 0. The molecule has 1 aromatic heterocycles. The van der Waals surface area contributed by atoms with Crippen molar-refractivity contribution < 1.29 is 0 Å². The number of aromatic nitrogens is 2. The molecule has 1 heterocycles. The van der Waals surface area contributed by atoms with Crippen LogP contribution in [0.2, 0.25) is 0 Å². The van der Waals surface area contributed by atoms with E-state index in [1.165, 1.54) is 3.57 Å². The van der Waals surface area contributed by atoms with Crippen LogP contribution in [0.1, 0.15) is 12.8 Å². The first-order chi connectivity index (χ1) is 5.33. The molecule has 0 saturated carbocycles. The Bertz CT molecular complexity index is 230. The molecule has 0 amide bonds. The first kappa shape index (κ1) is 8.77. The van der Waals surface area contributed by atoms with Crippen molar-refractivity contribution in [3.8, 4) is 0 Å². The van der Waals surface area contributed by atoms with Gasteiger partial charge in [-0.1, -0.05) is 6.08 Å². The van der Waals surface area contributed by atoms with Crippen molar-refractivity contribution in [1.29, 1.82) is 0 Å². The van der Waals surface area contributed by atoms with Crippen molar-refractivity contribution in [3.63, 3.8) is 0 Å². The molecular formula is C8H11IN2. The van der Waals surface area contributed by atoms with Crippen LogP contribution in [0.5, 0.6) is 0 Å². The summed E-state index contributed by atoms with van der Waals surface area (Å²) < 4.78 is 3.16. The first-order valence-corrected chi connectivity index (χ1v) is 4.69. The van der Waals surface area contributed by atoms with Crippen molar-refractivity contribution >= 4 is 22.6 Å². The van der Waals surface area contributed by atoms with Gasteiger partial charge in [0.2, 0.25) is 0 Å². The van der Waals surface area contributed by atoms with Crippen molar-refractivity contribution in [1.82, 2.24) is 9.78 Å². The van der Waals surface area contributed by atoms with Gasteiger partial charge in [0.1, 0.15) is 0 Å². The van der Waals surface area contributed by atoms with Crippen molar-refractivity contribution in [2.45, 2.75) is 19.4 Å². The van der Waals surface area contributed by atoms with Crippen LogP contribution in [0.4, 0.5) is 0 Å². The smallest absolute Gasteiger partial charge is 0.0623 e. The zero-order valence-electron chi connectivity index (χ0n) is 6.33. The van der Waals surface area contributed by atoms with Gasteiger partial charge in [0.25, 0.3) is 0 Å². The van der Waals surface area contributed by atoms with E-state index in [-0.39, 0.29) is 0 Å². The predicted octanol–water partition coefficient (Wildman–Crippen LogP) is 2.45. The highest BCUT2D eigenvalue weighted by molar-refractivity contribution is 14.1. The molecule has 0 unspecified atom stereocenters. The summed E-state index contributed by atoms with van der Waals surface area (Å²) in [5, 5.41) is 4.16. The first-order valence-electron chi connectivity index (χ1n) is 3.62. The van der Waals surface area contributed by atoms with Gasteiger partial charge in [0.05, 0.1) is 9.77 Å². The summed E-state index contributed by atoms with van der Waals surface area (Å²) in [6, 6.07) is 0. The Kier molecular flexibility index (Phi) is 3.62. The minimum absolute atomic E-state index is 0.995. The molecule has 0 aliphatic rings. The fraction of sp³-hybridized carbons (Fsp3) is 0.375. The van der Waals surface area contributed by atoms with Crippen molar-refractivity contribution in [2.75, 3.05) is 0 Å². The third kappa shape index (κ3) is 3.05. The fourth-order valence-electron chi connectivity index (χ4n) is 0.858. The molecule has 0 aromatic carbocycles. The van der Waals surface area contributed by atoms with E-state index in [4.69, 9.17) is 0 Å². The van der Waals surface area contributed by atoms with Crippen LogP contribution in [0.15, 0.2) is 25.0 Å². The van der Waals surface area contributed by atoms with E-state index in [0.29, 0.717) is 0 Å². The number of rotatable bonds is 4. The van der Waals surface area contributed by atoms with Crippen LogP contribution in [0.3, 0.4) is 0 Å². The van der Waals surface area contributed by atoms with Gasteiger partial charge in [-0.25, -0.2) is 0 Å². The molecule has 3 heteroatoms. The van der Waals surface area contributed by atoms with Gasteiger partial charge >= 0.3 is 0 Å². The number of allylic oxidation sites excluding steroid dienone is 1. The summed E-state index contributed by atoms with van der Waals surface area (Å²) in [6.07, 6.45) is 8.05. The van der Waals surface area contributed by atoms with Crippen LogP contribution in [-0.4, -0.2) is 9.78 Å². The van der Waals surface area contributed by atoms with Gasteiger partial charge in [-0.3, -0.25) is 4.68 Å². The summed E-state index contributed by atoms with van der Waals surface area (Å²) >= 11 is 2.26. The van der Waals surface area contributed by atoms with Crippen LogP contribution in [0, 0.1) is 3.57 Å². The van der Waals surface area contributed by atoms with Crippen LogP contribution < -0.4 is 0 Å². The zero-order chi connectivity index (χ0) is 8.10. The lowest BCUT2D eigenvalue weighted by Crippen LogP contribution is -1.96. The number of hydrogen-bond donors (Lipinski definition) is 0. The minimum Gasteiger partial charge on any atom is -0.272 e. The van der Waals surface area contributed by atoms with E-state index in [0.717, 1.165) is 19.4 Å².